The quantitative estimate of drug-likeness (QED) is 0.640. The van der Waals surface area contributed by atoms with Gasteiger partial charge in [0, 0.05) is 13.0 Å². The predicted octanol–water partition coefficient (Wildman–Crippen LogP) is 3.57. The summed E-state index contributed by atoms with van der Waals surface area (Å²) in [6.07, 6.45) is 2.21. The molecule has 0 saturated heterocycles. The first-order chi connectivity index (χ1) is 9.22. The summed E-state index contributed by atoms with van der Waals surface area (Å²) >= 11 is 0. The van der Waals surface area contributed by atoms with E-state index in [0.29, 0.717) is 32.2 Å². The molecule has 1 atom stereocenters. The van der Waals surface area contributed by atoms with E-state index < -0.39 is 0 Å². The number of rotatable bonds is 9. The van der Waals surface area contributed by atoms with Gasteiger partial charge in [-0.1, -0.05) is 44.2 Å². The summed E-state index contributed by atoms with van der Waals surface area (Å²) in [7, 11) is 0. The summed E-state index contributed by atoms with van der Waals surface area (Å²) in [6, 6.07) is 10.1. The van der Waals surface area contributed by atoms with Crippen LogP contribution in [0, 0.1) is 5.92 Å². The Morgan fingerprint density at radius 2 is 2.00 bits per heavy atom. The molecule has 106 valence electrons. The van der Waals surface area contributed by atoms with Gasteiger partial charge in [0.1, 0.15) is 0 Å². The minimum atomic E-state index is -0.0973. The summed E-state index contributed by atoms with van der Waals surface area (Å²) in [6.45, 7) is 5.91. The molecule has 0 spiro atoms. The van der Waals surface area contributed by atoms with Crippen molar-refractivity contribution in [1.82, 2.24) is 0 Å². The van der Waals surface area contributed by atoms with Gasteiger partial charge in [-0.3, -0.25) is 4.79 Å². The number of carbonyl (C=O) groups excluding carboxylic acids is 1. The maximum Gasteiger partial charge on any atom is 0.305 e. The Balaban J connectivity index is 2.05. The van der Waals surface area contributed by atoms with Crippen molar-refractivity contribution in [2.45, 2.75) is 39.7 Å². The van der Waals surface area contributed by atoms with Crippen LogP contribution in [0.1, 0.15) is 38.7 Å². The molecule has 0 radical (unpaired) electrons. The van der Waals surface area contributed by atoms with Gasteiger partial charge in [-0.15, -0.1) is 0 Å². The Bertz CT molecular complexity index is 348. The van der Waals surface area contributed by atoms with Crippen LogP contribution in [-0.2, 0) is 20.9 Å². The normalized spacial score (nSPS) is 12.1. The summed E-state index contributed by atoms with van der Waals surface area (Å²) < 4.78 is 10.8. The van der Waals surface area contributed by atoms with Gasteiger partial charge >= 0.3 is 5.97 Å². The summed E-state index contributed by atoms with van der Waals surface area (Å²) in [5.41, 5.74) is 1.18. The van der Waals surface area contributed by atoms with Crippen molar-refractivity contribution in [2.75, 3.05) is 13.2 Å². The molecule has 0 amide bonds. The van der Waals surface area contributed by atoms with Crippen molar-refractivity contribution in [3.05, 3.63) is 35.9 Å². The molecule has 1 aromatic carbocycles. The maximum atomic E-state index is 11.2. The second-order valence-corrected chi connectivity index (χ2v) is 4.87. The molecular weight excluding hydrogens is 240 g/mol. The average Bonchev–Trinajstić information content (AvgIpc) is 2.40. The number of benzene rings is 1. The number of hydrogen-bond acceptors (Lipinski definition) is 3. The fraction of sp³-hybridized carbons (Fsp3) is 0.562. The van der Waals surface area contributed by atoms with E-state index in [1.165, 1.54) is 5.56 Å². The molecule has 0 heterocycles. The molecule has 0 N–H and O–H groups in total. The average molecular weight is 264 g/mol. The van der Waals surface area contributed by atoms with Gasteiger partial charge in [-0.25, -0.2) is 0 Å². The molecule has 0 aliphatic carbocycles. The standard InChI is InChI=1S/C16H24O3/c1-3-7-16(17)19-11-10-14(2)12-18-13-15-8-5-4-6-9-15/h4-6,8-9,14H,3,7,10-13H2,1-2H3/t14-/m1/s1. The van der Waals surface area contributed by atoms with Crippen molar-refractivity contribution < 1.29 is 14.3 Å². The third-order valence-electron chi connectivity index (χ3n) is 2.84. The van der Waals surface area contributed by atoms with Gasteiger partial charge in [0.15, 0.2) is 0 Å². The van der Waals surface area contributed by atoms with Crippen LogP contribution in [0.4, 0.5) is 0 Å². The van der Waals surface area contributed by atoms with Gasteiger partial charge in [-0.2, -0.15) is 0 Å². The van der Waals surface area contributed by atoms with Crippen molar-refractivity contribution in [1.29, 1.82) is 0 Å². The molecule has 3 heteroatoms. The SMILES string of the molecule is CCCC(=O)OCC[C@@H](C)COCc1ccccc1. The highest BCUT2D eigenvalue weighted by molar-refractivity contribution is 5.69. The fourth-order valence-electron chi connectivity index (χ4n) is 1.69. The van der Waals surface area contributed by atoms with Crippen LogP contribution < -0.4 is 0 Å². The summed E-state index contributed by atoms with van der Waals surface area (Å²) in [5, 5.41) is 0. The number of ether oxygens (including phenoxy) is 2. The zero-order chi connectivity index (χ0) is 13.9. The van der Waals surface area contributed by atoms with E-state index in [0.717, 1.165) is 12.8 Å². The monoisotopic (exact) mass is 264 g/mol. The lowest BCUT2D eigenvalue weighted by Crippen LogP contribution is -2.12. The van der Waals surface area contributed by atoms with Gasteiger partial charge in [0.2, 0.25) is 0 Å². The highest BCUT2D eigenvalue weighted by Gasteiger charge is 2.05. The number of carbonyl (C=O) groups is 1. The van der Waals surface area contributed by atoms with Crippen LogP contribution in [0.25, 0.3) is 0 Å². The molecule has 0 aliphatic heterocycles. The summed E-state index contributed by atoms with van der Waals surface area (Å²) in [5.74, 6) is 0.304. The molecule has 3 nitrogen and oxygen atoms in total. The van der Waals surface area contributed by atoms with E-state index in [1.54, 1.807) is 0 Å². The van der Waals surface area contributed by atoms with Crippen molar-refractivity contribution in [2.24, 2.45) is 5.92 Å². The van der Waals surface area contributed by atoms with Crippen LogP contribution in [0.2, 0.25) is 0 Å². The second-order valence-electron chi connectivity index (χ2n) is 4.87. The van der Waals surface area contributed by atoms with Gasteiger partial charge in [0.25, 0.3) is 0 Å². The first-order valence-corrected chi connectivity index (χ1v) is 6.99. The van der Waals surface area contributed by atoms with Crippen LogP contribution >= 0.6 is 0 Å². The van der Waals surface area contributed by atoms with E-state index in [1.807, 2.05) is 25.1 Å². The third kappa shape index (κ3) is 7.62. The Morgan fingerprint density at radius 3 is 2.68 bits per heavy atom. The highest BCUT2D eigenvalue weighted by atomic mass is 16.5. The van der Waals surface area contributed by atoms with Crippen molar-refractivity contribution >= 4 is 5.97 Å². The van der Waals surface area contributed by atoms with Gasteiger partial charge in [-0.05, 0) is 24.3 Å². The summed E-state index contributed by atoms with van der Waals surface area (Å²) in [4.78, 5) is 11.2. The Kier molecular flexibility index (Phi) is 7.91. The van der Waals surface area contributed by atoms with Crippen LogP contribution in [0.5, 0.6) is 0 Å². The molecular formula is C16H24O3. The first kappa shape index (κ1) is 15.7. The maximum absolute atomic E-state index is 11.2. The lowest BCUT2D eigenvalue weighted by Gasteiger charge is -2.12. The van der Waals surface area contributed by atoms with Crippen LogP contribution in [-0.4, -0.2) is 19.2 Å². The lowest BCUT2D eigenvalue weighted by molar-refractivity contribution is -0.144. The zero-order valence-corrected chi connectivity index (χ0v) is 11.9. The van der Waals surface area contributed by atoms with E-state index >= 15 is 0 Å². The molecule has 0 bridgehead atoms. The minimum Gasteiger partial charge on any atom is -0.466 e. The zero-order valence-electron chi connectivity index (χ0n) is 11.9. The molecule has 19 heavy (non-hydrogen) atoms. The van der Waals surface area contributed by atoms with Crippen LogP contribution in [0.3, 0.4) is 0 Å². The molecule has 1 aromatic rings. The Morgan fingerprint density at radius 1 is 1.26 bits per heavy atom. The largest absolute Gasteiger partial charge is 0.466 e. The van der Waals surface area contributed by atoms with E-state index in [-0.39, 0.29) is 5.97 Å². The fourth-order valence-corrected chi connectivity index (χ4v) is 1.69. The van der Waals surface area contributed by atoms with Gasteiger partial charge in [0.05, 0.1) is 13.2 Å². The molecule has 0 unspecified atom stereocenters. The second kappa shape index (κ2) is 9.56. The Hall–Kier alpha value is -1.35. The first-order valence-electron chi connectivity index (χ1n) is 6.99. The molecule has 1 rings (SSSR count). The minimum absolute atomic E-state index is 0.0973. The van der Waals surface area contributed by atoms with E-state index in [2.05, 4.69) is 19.1 Å². The third-order valence-corrected chi connectivity index (χ3v) is 2.84. The molecule has 0 aromatic heterocycles. The predicted molar refractivity (Wildman–Crippen MR) is 75.7 cm³/mol. The highest BCUT2D eigenvalue weighted by Crippen LogP contribution is 2.07. The van der Waals surface area contributed by atoms with Crippen molar-refractivity contribution in [3.8, 4) is 0 Å². The van der Waals surface area contributed by atoms with Gasteiger partial charge < -0.3 is 9.47 Å². The molecule has 0 fully saturated rings. The van der Waals surface area contributed by atoms with Crippen molar-refractivity contribution in [3.63, 3.8) is 0 Å². The molecule has 0 aliphatic rings. The molecule has 0 saturated carbocycles. The Labute approximate surface area is 115 Å². The topological polar surface area (TPSA) is 35.5 Å². The van der Waals surface area contributed by atoms with E-state index in [4.69, 9.17) is 9.47 Å². The van der Waals surface area contributed by atoms with Crippen LogP contribution in [0.15, 0.2) is 30.3 Å². The number of hydrogen-bond donors (Lipinski definition) is 0. The van der Waals surface area contributed by atoms with E-state index in [9.17, 15) is 4.79 Å². The number of esters is 1. The smallest absolute Gasteiger partial charge is 0.305 e. The lowest BCUT2D eigenvalue weighted by atomic mass is 10.1.